The minimum atomic E-state index is -4.33. The third-order valence-corrected chi connectivity index (χ3v) is 6.87. The molecule has 0 bridgehead atoms. The van der Waals surface area contributed by atoms with E-state index in [4.69, 9.17) is 18.5 Å². The van der Waals surface area contributed by atoms with Crippen LogP contribution in [0.1, 0.15) is 110 Å². The quantitative estimate of drug-likeness (QED) is 0.0620. The van der Waals surface area contributed by atoms with Gasteiger partial charge in [0.05, 0.1) is 27.7 Å². The predicted molar refractivity (Wildman–Crippen MR) is 146 cm³/mol. The Hall–Kier alpha value is -0.990. The molecule has 0 aromatic carbocycles. The number of carbonyl (C=O) groups is 2. The van der Waals surface area contributed by atoms with Crippen LogP contribution in [0.25, 0.3) is 0 Å². The monoisotopic (exact) mass is 552 g/mol. The largest absolute Gasteiger partial charge is 0.472 e. The highest BCUT2D eigenvalue weighted by atomic mass is 31.2. The molecule has 0 aliphatic heterocycles. The number of likely N-dealkylation sites (N-methyl/N-ethyl adjacent to an activating group) is 1. The molecule has 0 amide bonds. The number of unbranched alkanes of at least 4 members (excludes halogenated alkanes) is 11. The van der Waals surface area contributed by atoms with Gasteiger partial charge in [-0.25, -0.2) is 4.57 Å². The maximum Gasteiger partial charge on any atom is 0.472 e. The molecule has 10 heteroatoms. The predicted octanol–water partition coefficient (Wildman–Crippen LogP) is 6.17. The van der Waals surface area contributed by atoms with Gasteiger partial charge < -0.3 is 18.9 Å². The molecule has 0 aliphatic carbocycles. The Bertz CT molecular complexity index is 638. The number of phosphoric acid groups is 1. The number of hydrogen-bond donors (Lipinski definition) is 1. The minimum absolute atomic E-state index is 0.0346. The molecule has 0 aromatic heterocycles. The van der Waals surface area contributed by atoms with Gasteiger partial charge in [0.15, 0.2) is 6.10 Å². The topological polar surface area (TPSA) is 108 Å². The number of esters is 2. The molecule has 0 saturated carbocycles. The van der Waals surface area contributed by atoms with E-state index in [1.54, 1.807) is 0 Å². The lowest BCUT2D eigenvalue weighted by Crippen LogP contribution is -2.37. The first-order chi connectivity index (χ1) is 17.5. The molecule has 0 aromatic rings. The average molecular weight is 553 g/mol. The van der Waals surface area contributed by atoms with E-state index >= 15 is 0 Å². The first-order valence-corrected chi connectivity index (χ1v) is 15.8. The van der Waals surface area contributed by atoms with Crippen molar-refractivity contribution in [3.05, 3.63) is 0 Å². The van der Waals surface area contributed by atoms with Gasteiger partial charge in [0.2, 0.25) is 0 Å². The molecular formula is C27H55NO8P+. The van der Waals surface area contributed by atoms with Crippen molar-refractivity contribution in [2.45, 2.75) is 116 Å². The molecule has 0 aliphatic rings. The molecule has 37 heavy (non-hydrogen) atoms. The fraction of sp³-hybridized carbons (Fsp3) is 0.926. The second-order valence-corrected chi connectivity index (χ2v) is 12.2. The van der Waals surface area contributed by atoms with Gasteiger partial charge in [-0.15, -0.1) is 0 Å². The van der Waals surface area contributed by atoms with Crippen molar-refractivity contribution in [1.82, 2.24) is 0 Å². The van der Waals surface area contributed by atoms with E-state index < -0.39 is 26.5 Å². The van der Waals surface area contributed by atoms with Crippen molar-refractivity contribution < 1.29 is 42.1 Å². The van der Waals surface area contributed by atoms with Gasteiger partial charge in [0.1, 0.15) is 19.8 Å². The fourth-order valence-corrected chi connectivity index (χ4v) is 4.28. The van der Waals surface area contributed by atoms with Gasteiger partial charge in [-0.1, -0.05) is 84.5 Å². The van der Waals surface area contributed by atoms with Crippen molar-refractivity contribution in [1.29, 1.82) is 0 Å². The second-order valence-electron chi connectivity index (χ2n) is 10.8. The molecule has 220 valence electrons. The van der Waals surface area contributed by atoms with Gasteiger partial charge in [0, 0.05) is 12.8 Å². The summed E-state index contributed by atoms with van der Waals surface area (Å²) >= 11 is 0. The smallest absolute Gasteiger partial charge is 0.462 e. The lowest BCUT2D eigenvalue weighted by atomic mass is 10.1. The number of rotatable bonds is 25. The zero-order valence-corrected chi connectivity index (χ0v) is 25.1. The summed E-state index contributed by atoms with van der Waals surface area (Å²) in [6.45, 7) is 4.22. The van der Waals surface area contributed by atoms with Gasteiger partial charge >= 0.3 is 19.8 Å². The van der Waals surface area contributed by atoms with E-state index in [0.29, 0.717) is 23.9 Å². The highest BCUT2D eigenvalue weighted by molar-refractivity contribution is 7.47. The normalized spacial score (nSPS) is 14.2. The van der Waals surface area contributed by atoms with Crippen LogP contribution in [-0.4, -0.2) is 74.9 Å². The number of quaternary nitrogens is 1. The number of nitrogens with zero attached hydrogens (tertiary/aromatic N) is 1. The molecule has 1 N–H and O–H groups in total. The van der Waals surface area contributed by atoms with Crippen molar-refractivity contribution in [2.75, 3.05) is 47.5 Å². The molecule has 9 nitrogen and oxygen atoms in total. The summed E-state index contributed by atoms with van der Waals surface area (Å²) < 4.78 is 33.6. The first kappa shape index (κ1) is 36.0. The fourth-order valence-electron chi connectivity index (χ4n) is 3.54. The van der Waals surface area contributed by atoms with E-state index in [9.17, 15) is 19.0 Å². The number of ether oxygens (including phenoxy) is 2. The number of hydrogen-bond acceptors (Lipinski definition) is 7. The molecular weight excluding hydrogens is 497 g/mol. The highest BCUT2D eigenvalue weighted by Crippen LogP contribution is 2.43. The Labute approximate surface area is 225 Å². The van der Waals surface area contributed by atoms with Crippen molar-refractivity contribution >= 4 is 19.8 Å². The van der Waals surface area contributed by atoms with E-state index in [1.807, 2.05) is 21.1 Å². The first-order valence-electron chi connectivity index (χ1n) is 14.3. The molecule has 1 unspecified atom stereocenters. The third kappa shape index (κ3) is 25.1. The standard InChI is InChI=1S/C27H54NO8P/c1-6-8-10-12-13-14-15-16-18-19-26(29)33-23-25(36-27(30)20-17-11-9-7-2)24-35-37(31,32)34-22-21-28(3,4)5/h25H,6-24H2,1-5H3/p+1/t25-/m1/s1. The van der Waals surface area contributed by atoms with E-state index in [1.165, 1.54) is 38.5 Å². The van der Waals surface area contributed by atoms with E-state index in [-0.39, 0.29) is 25.6 Å². The third-order valence-electron chi connectivity index (χ3n) is 5.89. The average Bonchev–Trinajstić information content (AvgIpc) is 2.81. The van der Waals surface area contributed by atoms with Gasteiger partial charge in [0.25, 0.3) is 0 Å². The van der Waals surface area contributed by atoms with Crippen LogP contribution in [-0.2, 0) is 32.7 Å². The van der Waals surface area contributed by atoms with E-state index in [2.05, 4.69) is 13.8 Å². The van der Waals surface area contributed by atoms with Crippen LogP contribution < -0.4 is 0 Å². The van der Waals surface area contributed by atoms with Gasteiger partial charge in [-0.2, -0.15) is 0 Å². The summed E-state index contributed by atoms with van der Waals surface area (Å²) in [5, 5.41) is 0. The summed E-state index contributed by atoms with van der Waals surface area (Å²) in [5.41, 5.74) is 0. The lowest BCUT2D eigenvalue weighted by Gasteiger charge is -2.24. The maximum absolute atomic E-state index is 12.2. The zero-order valence-electron chi connectivity index (χ0n) is 24.2. The van der Waals surface area contributed by atoms with Crippen LogP contribution in [0.15, 0.2) is 0 Å². The lowest BCUT2D eigenvalue weighted by molar-refractivity contribution is -0.870. The molecule has 0 heterocycles. The summed E-state index contributed by atoms with van der Waals surface area (Å²) in [6, 6.07) is 0. The molecule has 2 atom stereocenters. The van der Waals surface area contributed by atoms with Crippen LogP contribution in [0.5, 0.6) is 0 Å². The zero-order chi connectivity index (χ0) is 28.0. The summed E-state index contributed by atoms with van der Waals surface area (Å²) in [6.07, 6.45) is 13.6. The summed E-state index contributed by atoms with van der Waals surface area (Å²) in [4.78, 5) is 34.4. The van der Waals surface area contributed by atoms with Crippen LogP contribution in [0, 0.1) is 0 Å². The van der Waals surface area contributed by atoms with E-state index in [0.717, 1.165) is 38.5 Å². The van der Waals surface area contributed by atoms with Crippen molar-refractivity contribution in [2.24, 2.45) is 0 Å². The Balaban J connectivity index is 4.48. The molecule has 0 spiro atoms. The summed E-state index contributed by atoms with van der Waals surface area (Å²) in [7, 11) is 1.48. The molecule has 0 radical (unpaired) electrons. The summed E-state index contributed by atoms with van der Waals surface area (Å²) in [5.74, 6) is -0.822. The van der Waals surface area contributed by atoms with Crippen LogP contribution in [0.2, 0.25) is 0 Å². The Morgan fingerprint density at radius 1 is 0.730 bits per heavy atom. The van der Waals surface area contributed by atoms with Gasteiger partial charge in [-0.05, 0) is 12.8 Å². The second kappa shape index (κ2) is 21.9. The Morgan fingerprint density at radius 3 is 1.76 bits per heavy atom. The van der Waals surface area contributed by atoms with Gasteiger partial charge in [-0.3, -0.25) is 18.6 Å². The molecule has 0 fully saturated rings. The molecule has 0 saturated heterocycles. The Kier molecular flexibility index (Phi) is 21.3. The van der Waals surface area contributed by atoms with Crippen molar-refractivity contribution in [3.8, 4) is 0 Å². The SMILES string of the molecule is CCCCCCCCCCCC(=O)OC[C@H](COP(=O)(O)OCC[N+](C)(C)C)OC(=O)CCCCCC. The minimum Gasteiger partial charge on any atom is -0.462 e. The number of phosphoric ester groups is 1. The van der Waals surface area contributed by atoms with Crippen LogP contribution in [0.3, 0.4) is 0 Å². The highest BCUT2D eigenvalue weighted by Gasteiger charge is 2.27. The maximum atomic E-state index is 12.2. The van der Waals surface area contributed by atoms with Crippen molar-refractivity contribution in [3.63, 3.8) is 0 Å². The van der Waals surface area contributed by atoms with Crippen LogP contribution in [0.4, 0.5) is 0 Å². The van der Waals surface area contributed by atoms with Crippen LogP contribution >= 0.6 is 7.82 Å². The molecule has 0 rings (SSSR count). The number of carbonyl (C=O) groups excluding carboxylic acids is 2. The Morgan fingerprint density at radius 2 is 1.22 bits per heavy atom.